The van der Waals surface area contributed by atoms with E-state index < -0.39 is 23.3 Å². The first-order chi connectivity index (χ1) is 15.9. The van der Waals surface area contributed by atoms with E-state index in [1.54, 1.807) is 13.0 Å². The number of carbonyl (C=O) groups excluding carboxylic acids is 4. The normalized spacial score (nSPS) is 29.0. The summed E-state index contributed by atoms with van der Waals surface area (Å²) in [7, 11) is 0. The Bertz CT molecular complexity index is 1280. The molecule has 4 atom stereocenters. The Morgan fingerprint density at radius 3 is 2.41 bits per heavy atom. The van der Waals surface area contributed by atoms with Crippen molar-refractivity contribution in [3.05, 3.63) is 63.2 Å². The van der Waals surface area contributed by atoms with Crippen molar-refractivity contribution in [1.29, 1.82) is 0 Å². The second kappa shape index (κ2) is 7.51. The average Bonchev–Trinajstić information content (AvgIpc) is 3.01. The topological polar surface area (TPSA) is 91.8 Å². The zero-order chi connectivity index (χ0) is 24.7. The lowest BCUT2D eigenvalue weighted by Gasteiger charge is -2.42. The van der Waals surface area contributed by atoms with Crippen LogP contribution in [-0.2, 0) is 19.2 Å². The molecule has 1 aromatic rings. The average molecular weight is 480 g/mol. The highest BCUT2D eigenvalue weighted by atomic mass is 35.5. The lowest BCUT2D eigenvalue weighted by atomic mass is 9.59. The number of benzene rings is 1. The molecule has 1 saturated heterocycles. The number of halogens is 1. The molecule has 0 aromatic heterocycles. The Labute approximate surface area is 203 Å². The van der Waals surface area contributed by atoms with Crippen molar-refractivity contribution >= 4 is 35.0 Å². The number of nitrogens with zero attached hydrogens (tertiary/aromatic N) is 1. The molecule has 34 heavy (non-hydrogen) atoms. The Morgan fingerprint density at radius 2 is 1.76 bits per heavy atom. The fourth-order valence-electron chi connectivity index (χ4n) is 6.15. The summed E-state index contributed by atoms with van der Waals surface area (Å²) < 4.78 is 0. The lowest BCUT2D eigenvalue weighted by Crippen LogP contribution is -2.46. The van der Waals surface area contributed by atoms with Gasteiger partial charge in [-0.1, -0.05) is 29.3 Å². The van der Waals surface area contributed by atoms with E-state index in [2.05, 4.69) is 0 Å². The first-order valence-electron chi connectivity index (χ1n) is 11.5. The SMILES string of the molecule is CC1=CC(=O)C2=C(C[C@@H]3C(=CC[C@@H]4C(=O)N(C(C)(C)C)C(=O)[C@@H]43)[C@@H]2c2ccc(O)cc2Cl)C1=O. The van der Waals surface area contributed by atoms with Gasteiger partial charge in [0.1, 0.15) is 5.75 Å². The van der Waals surface area contributed by atoms with Crippen molar-refractivity contribution < 1.29 is 24.3 Å². The molecule has 1 N–H and O–H groups in total. The highest BCUT2D eigenvalue weighted by Gasteiger charge is 2.58. The number of phenolic OH excluding ortho intramolecular Hbond substituents is 1. The van der Waals surface area contributed by atoms with Gasteiger partial charge in [0.2, 0.25) is 11.8 Å². The van der Waals surface area contributed by atoms with Crippen LogP contribution in [0.2, 0.25) is 5.02 Å². The van der Waals surface area contributed by atoms with E-state index in [1.165, 1.54) is 23.1 Å². The van der Waals surface area contributed by atoms with Crippen LogP contribution < -0.4 is 0 Å². The number of carbonyl (C=O) groups is 4. The number of rotatable bonds is 1. The third-order valence-corrected chi connectivity index (χ3v) is 7.86. The van der Waals surface area contributed by atoms with Crippen molar-refractivity contribution in [2.75, 3.05) is 0 Å². The molecule has 6 nitrogen and oxygen atoms in total. The highest BCUT2D eigenvalue weighted by Crippen LogP contribution is 2.56. The van der Waals surface area contributed by atoms with Crippen molar-refractivity contribution in [3.63, 3.8) is 0 Å². The molecule has 3 aliphatic carbocycles. The number of allylic oxidation sites excluding steroid dienone is 6. The minimum atomic E-state index is -0.652. The van der Waals surface area contributed by atoms with Gasteiger partial charge in [-0.2, -0.15) is 0 Å². The van der Waals surface area contributed by atoms with Gasteiger partial charge in [-0.3, -0.25) is 24.1 Å². The van der Waals surface area contributed by atoms with Crippen LogP contribution in [0.25, 0.3) is 0 Å². The van der Waals surface area contributed by atoms with Crippen LogP contribution >= 0.6 is 11.6 Å². The molecule has 5 rings (SSSR count). The number of hydrogen-bond acceptors (Lipinski definition) is 5. The summed E-state index contributed by atoms with van der Waals surface area (Å²) in [6.07, 6.45) is 3.95. The van der Waals surface area contributed by atoms with Crippen molar-refractivity contribution in [3.8, 4) is 5.75 Å². The van der Waals surface area contributed by atoms with E-state index in [0.717, 1.165) is 5.57 Å². The highest BCUT2D eigenvalue weighted by molar-refractivity contribution is 6.32. The maximum atomic E-state index is 13.6. The minimum absolute atomic E-state index is 0.00725. The molecular formula is C27H26ClNO5. The van der Waals surface area contributed by atoms with Crippen molar-refractivity contribution in [1.82, 2.24) is 4.90 Å². The molecule has 176 valence electrons. The molecule has 0 bridgehead atoms. The molecule has 0 unspecified atom stereocenters. The smallest absolute Gasteiger partial charge is 0.234 e. The predicted octanol–water partition coefficient (Wildman–Crippen LogP) is 4.27. The van der Waals surface area contributed by atoms with Crippen molar-refractivity contribution in [2.24, 2.45) is 17.8 Å². The summed E-state index contributed by atoms with van der Waals surface area (Å²) in [5, 5.41) is 10.2. The molecule has 1 aliphatic heterocycles. The summed E-state index contributed by atoms with van der Waals surface area (Å²) in [5.74, 6) is -2.94. The standard InChI is InChI=1S/C27H26ClNO5/c1-12-9-20(31)23-18(24(12)32)11-17-14(21(23)15-6-5-13(30)10-19(15)28)7-8-16-22(17)26(34)29(25(16)33)27(2,3)4/h5-7,9-10,16-17,21-22,30H,8,11H2,1-4H3/t16-,17+,21+,22-/m0/s1. The van der Waals surface area contributed by atoms with Crippen LogP contribution in [0.1, 0.15) is 52.0 Å². The van der Waals surface area contributed by atoms with E-state index in [1.807, 2.05) is 26.8 Å². The summed E-state index contributed by atoms with van der Waals surface area (Å²) in [6, 6.07) is 4.57. The molecule has 0 radical (unpaired) electrons. The number of imide groups is 1. The number of fused-ring (bicyclic) bond motifs is 3. The van der Waals surface area contributed by atoms with Gasteiger partial charge in [0, 0.05) is 33.2 Å². The number of hydrogen-bond donors (Lipinski definition) is 1. The summed E-state index contributed by atoms with van der Waals surface area (Å²) >= 11 is 6.53. The molecule has 1 fully saturated rings. The zero-order valence-corrected chi connectivity index (χ0v) is 20.3. The van der Waals surface area contributed by atoms with Gasteiger partial charge in [0.25, 0.3) is 0 Å². The third-order valence-electron chi connectivity index (χ3n) is 7.53. The number of aromatic hydroxyl groups is 1. The Kier molecular flexibility index (Phi) is 5.03. The van der Waals surface area contributed by atoms with Crippen molar-refractivity contribution in [2.45, 2.75) is 52.0 Å². The monoisotopic (exact) mass is 479 g/mol. The van der Waals surface area contributed by atoms with Crippen LogP contribution in [0.5, 0.6) is 5.75 Å². The van der Waals surface area contributed by atoms with Gasteiger partial charge in [-0.25, -0.2) is 0 Å². The Balaban J connectivity index is 1.70. The quantitative estimate of drug-likeness (QED) is 0.369. The predicted molar refractivity (Wildman–Crippen MR) is 126 cm³/mol. The Hall–Kier alpha value is -2.99. The first kappa shape index (κ1) is 22.8. The van der Waals surface area contributed by atoms with Crippen LogP contribution in [0.4, 0.5) is 0 Å². The van der Waals surface area contributed by atoms with Gasteiger partial charge in [0.05, 0.1) is 11.8 Å². The molecule has 7 heteroatoms. The van der Waals surface area contributed by atoms with Crippen LogP contribution in [0.15, 0.2) is 52.6 Å². The first-order valence-corrected chi connectivity index (χ1v) is 11.9. The zero-order valence-electron chi connectivity index (χ0n) is 19.5. The fraction of sp³-hybridized carbons (Fsp3) is 0.407. The molecule has 1 heterocycles. The largest absolute Gasteiger partial charge is 0.508 e. The van der Waals surface area contributed by atoms with Crippen LogP contribution in [0.3, 0.4) is 0 Å². The number of amides is 2. The second-order valence-electron chi connectivity index (χ2n) is 10.6. The van der Waals surface area contributed by atoms with E-state index in [4.69, 9.17) is 11.6 Å². The van der Waals surface area contributed by atoms with Gasteiger partial charge in [0.15, 0.2) is 11.6 Å². The van der Waals surface area contributed by atoms with Gasteiger partial charge < -0.3 is 5.11 Å². The molecule has 1 aromatic carbocycles. The lowest BCUT2D eigenvalue weighted by molar-refractivity contribution is -0.145. The van der Waals surface area contributed by atoms with Gasteiger partial charge in [-0.05, 0) is 70.2 Å². The third kappa shape index (κ3) is 3.15. The molecule has 0 saturated carbocycles. The molecular weight excluding hydrogens is 454 g/mol. The van der Waals surface area contributed by atoms with Gasteiger partial charge in [-0.15, -0.1) is 0 Å². The number of ketones is 2. The van der Waals surface area contributed by atoms with Crippen LogP contribution in [0, 0.1) is 17.8 Å². The number of likely N-dealkylation sites (tertiary alicyclic amines) is 1. The van der Waals surface area contributed by atoms with Crippen LogP contribution in [-0.4, -0.2) is 38.9 Å². The Morgan fingerprint density at radius 1 is 1.06 bits per heavy atom. The molecule has 4 aliphatic rings. The summed E-state index contributed by atoms with van der Waals surface area (Å²) in [4.78, 5) is 54.7. The molecule has 0 spiro atoms. The number of Topliss-reactive ketones (excluding diaryl/α,β-unsaturated/α-hetero) is 1. The maximum absolute atomic E-state index is 13.6. The van der Waals surface area contributed by atoms with E-state index in [9.17, 15) is 24.3 Å². The van der Waals surface area contributed by atoms with E-state index >= 15 is 0 Å². The maximum Gasteiger partial charge on any atom is 0.234 e. The van der Waals surface area contributed by atoms with E-state index in [0.29, 0.717) is 28.7 Å². The minimum Gasteiger partial charge on any atom is -0.508 e. The summed E-state index contributed by atoms with van der Waals surface area (Å²) in [5.41, 5.74) is 1.94. The van der Waals surface area contributed by atoms with Gasteiger partial charge >= 0.3 is 0 Å². The molecule has 2 amide bonds. The number of phenols is 1. The fourth-order valence-corrected chi connectivity index (χ4v) is 6.43. The van der Waals surface area contributed by atoms with E-state index in [-0.39, 0.29) is 46.5 Å². The summed E-state index contributed by atoms with van der Waals surface area (Å²) in [6.45, 7) is 7.14. The second-order valence-corrected chi connectivity index (χ2v) is 11.0.